The minimum atomic E-state index is -0.226. The summed E-state index contributed by atoms with van der Waals surface area (Å²) in [4.78, 5) is 31.8. The zero-order valence-corrected chi connectivity index (χ0v) is 22.8. The number of fused-ring (bicyclic) bond motifs is 1. The van der Waals surface area contributed by atoms with Crippen molar-refractivity contribution in [1.82, 2.24) is 9.80 Å². The molecule has 190 valence electrons. The summed E-state index contributed by atoms with van der Waals surface area (Å²) >= 11 is 13.8. The van der Waals surface area contributed by atoms with Crippen LogP contribution >= 0.6 is 34.5 Å². The van der Waals surface area contributed by atoms with E-state index in [1.807, 2.05) is 17.0 Å². The molecule has 1 aliphatic rings. The van der Waals surface area contributed by atoms with E-state index < -0.39 is 0 Å². The predicted molar refractivity (Wildman–Crippen MR) is 146 cm³/mol. The summed E-state index contributed by atoms with van der Waals surface area (Å²) in [7, 11) is 0. The Morgan fingerprint density at radius 3 is 2.61 bits per heavy atom. The smallest absolute Gasteiger partial charge is 0.254 e. The molecule has 2 aromatic carbocycles. The SMILES string of the molecule is CC(C)CCN(CC(=O)N1CCc2sccc2[C@H]1COc1ccc(Cl)cc1)C(=O)c1cccc(Cl)c1. The summed E-state index contributed by atoms with van der Waals surface area (Å²) in [5, 5.41) is 3.20. The summed E-state index contributed by atoms with van der Waals surface area (Å²) in [6, 6.07) is 15.9. The molecule has 0 spiro atoms. The molecule has 0 radical (unpaired) electrons. The highest BCUT2D eigenvalue weighted by molar-refractivity contribution is 7.10. The van der Waals surface area contributed by atoms with Crippen LogP contribution < -0.4 is 4.74 Å². The maximum atomic E-state index is 13.7. The zero-order chi connectivity index (χ0) is 25.7. The first kappa shape index (κ1) is 26.5. The Hall–Kier alpha value is -2.54. The van der Waals surface area contributed by atoms with E-state index in [1.54, 1.807) is 52.6 Å². The molecule has 3 aromatic rings. The van der Waals surface area contributed by atoms with Gasteiger partial charge in [-0.15, -0.1) is 11.3 Å². The Balaban J connectivity index is 1.53. The normalized spacial score (nSPS) is 15.0. The van der Waals surface area contributed by atoms with Crippen LogP contribution in [0.2, 0.25) is 10.0 Å². The van der Waals surface area contributed by atoms with Crippen molar-refractivity contribution >= 4 is 46.4 Å². The lowest BCUT2D eigenvalue weighted by molar-refractivity contribution is -0.135. The number of hydrogen-bond donors (Lipinski definition) is 0. The molecular weight excluding hydrogens is 515 g/mol. The van der Waals surface area contributed by atoms with Gasteiger partial charge in [0.2, 0.25) is 5.91 Å². The van der Waals surface area contributed by atoms with Crippen LogP contribution in [-0.2, 0) is 11.2 Å². The first-order valence-corrected chi connectivity index (χ1v) is 13.7. The first-order chi connectivity index (χ1) is 17.3. The van der Waals surface area contributed by atoms with Crippen LogP contribution in [0.15, 0.2) is 60.0 Å². The summed E-state index contributed by atoms with van der Waals surface area (Å²) in [6.07, 6.45) is 1.60. The lowest BCUT2D eigenvalue weighted by atomic mass is 10.00. The summed E-state index contributed by atoms with van der Waals surface area (Å²) < 4.78 is 6.08. The highest BCUT2D eigenvalue weighted by atomic mass is 35.5. The fourth-order valence-electron chi connectivity index (χ4n) is 4.31. The molecule has 1 aromatic heterocycles. The minimum absolute atomic E-state index is 0.00891. The van der Waals surface area contributed by atoms with Gasteiger partial charge in [0, 0.05) is 33.6 Å². The maximum Gasteiger partial charge on any atom is 0.254 e. The Kier molecular flexibility index (Phi) is 8.94. The predicted octanol–water partition coefficient (Wildman–Crippen LogP) is 6.75. The number of carbonyl (C=O) groups is 2. The van der Waals surface area contributed by atoms with Gasteiger partial charge in [-0.2, -0.15) is 0 Å². The Morgan fingerprint density at radius 1 is 1.11 bits per heavy atom. The van der Waals surface area contributed by atoms with Gasteiger partial charge in [0.05, 0.1) is 6.04 Å². The number of nitrogens with zero attached hydrogens (tertiary/aromatic N) is 2. The Morgan fingerprint density at radius 2 is 1.89 bits per heavy atom. The van der Waals surface area contributed by atoms with Crippen LogP contribution in [0, 0.1) is 5.92 Å². The van der Waals surface area contributed by atoms with Gasteiger partial charge in [0.1, 0.15) is 18.9 Å². The van der Waals surface area contributed by atoms with Gasteiger partial charge in [-0.1, -0.05) is 43.1 Å². The van der Waals surface area contributed by atoms with E-state index in [1.165, 1.54) is 4.88 Å². The number of carbonyl (C=O) groups excluding carboxylic acids is 2. The van der Waals surface area contributed by atoms with Crippen molar-refractivity contribution in [2.45, 2.75) is 32.7 Å². The molecule has 0 N–H and O–H groups in total. The van der Waals surface area contributed by atoms with E-state index in [2.05, 4.69) is 25.3 Å². The topological polar surface area (TPSA) is 49.9 Å². The second-order valence-corrected chi connectivity index (χ2v) is 11.2. The average Bonchev–Trinajstić information content (AvgIpc) is 3.34. The van der Waals surface area contributed by atoms with E-state index >= 15 is 0 Å². The summed E-state index contributed by atoms with van der Waals surface area (Å²) in [5.74, 6) is 0.826. The molecule has 2 heterocycles. The van der Waals surface area contributed by atoms with Gasteiger partial charge in [-0.05, 0) is 78.2 Å². The maximum absolute atomic E-state index is 13.7. The second kappa shape index (κ2) is 12.1. The van der Waals surface area contributed by atoms with E-state index in [4.69, 9.17) is 27.9 Å². The third kappa shape index (κ3) is 6.61. The number of rotatable bonds is 9. The molecule has 1 atom stereocenters. The number of benzene rings is 2. The Labute approximate surface area is 226 Å². The highest BCUT2D eigenvalue weighted by Crippen LogP contribution is 2.34. The van der Waals surface area contributed by atoms with Crippen LogP contribution in [0.3, 0.4) is 0 Å². The number of thiophene rings is 1. The van der Waals surface area contributed by atoms with Gasteiger partial charge < -0.3 is 14.5 Å². The molecule has 0 aliphatic carbocycles. The number of ether oxygens (including phenoxy) is 1. The molecule has 1 aliphatic heterocycles. The molecule has 4 rings (SSSR count). The number of amides is 2. The largest absolute Gasteiger partial charge is 0.491 e. The van der Waals surface area contributed by atoms with Crippen molar-refractivity contribution in [3.05, 3.63) is 86.0 Å². The van der Waals surface area contributed by atoms with Crippen LogP contribution in [0.1, 0.15) is 47.1 Å². The highest BCUT2D eigenvalue weighted by Gasteiger charge is 2.33. The third-order valence-corrected chi connectivity index (χ3v) is 7.78. The van der Waals surface area contributed by atoms with Crippen LogP contribution in [-0.4, -0.2) is 47.9 Å². The van der Waals surface area contributed by atoms with Crippen molar-refractivity contribution in [3.63, 3.8) is 0 Å². The number of hydrogen-bond acceptors (Lipinski definition) is 4. The summed E-state index contributed by atoms with van der Waals surface area (Å²) in [5.41, 5.74) is 1.60. The van der Waals surface area contributed by atoms with Gasteiger partial charge in [-0.25, -0.2) is 0 Å². The molecule has 5 nitrogen and oxygen atoms in total. The molecule has 0 fully saturated rings. The average molecular weight is 546 g/mol. The zero-order valence-electron chi connectivity index (χ0n) is 20.5. The van der Waals surface area contributed by atoms with Crippen molar-refractivity contribution in [3.8, 4) is 5.75 Å². The molecule has 8 heteroatoms. The second-order valence-electron chi connectivity index (χ2n) is 9.34. The first-order valence-electron chi connectivity index (χ1n) is 12.1. The van der Waals surface area contributed by atoms with Crippen molar-refractivity contribution < 1.29 is 14.3 Å². The van der Waals surface area contributed by atoms with Gasteiger partial charge >= 0.3 is 0 Å². The van der Waals surface area contributed by atoms with Crippen molar-refractivity contribution in [2.24, 2.45) is 5.92 Å². The molecule has 36 heavy (non-hydrogen) atoms. The standard InChI is InChI=1S/C28H30Cl2N2O3S/c1-19(2)10-13-31(28(34)20-4-3-5-22(30)16-20)17-27(33)32-14-11-26-24(12-15-36-26)25(32)18-35-23-8-6-21(29)7-9-23/h3-9,12,15-16,19,25H,10-11,13-14,17-18H2,1-2H3/t25-/m1/s1. The number of halogens is 2. The van der Waals surface area contributed by atoms with Crippen LogP contribution in [0.25, 0.3) is 0 Å². The Bertz CT molecular complexity index is 1200. The molecule has 0 unspecified atom stereocenters. The molecule has 2 amide bonds. The van der Waals surface area contributed by atoms with Gasteiger partial charge in [0.15, 0.2) is 0 Å². The summed E-state index contributed by atoms with van der Waals surface area (Å²) in [6.45, 7) is 5.64. The lowest BCUT2D eigenvalue weighted by Crippen LogP contribution is -2.48. The molecular formula is C28H30Cl2N2O3S. The van der Waals surface area contributed by atoms with Gasteiger partial charge in [-0.3, -0.25) is 9.59 Å². The van der Waals surface area contributed by atoms with Gasteiger partial charge in [0.25, 0.3) is 5.91 Å². The van der Waals surface area contributed by atoms with Crippen molar-refractivity contribution in [1.29, 1.82) is 0 Å². The van der Waals surface area contributed by atoms with Crippen LogP contribution in [0.5, 0.6) is 5.75 Å². The quantitative estimate of drug-likeness (QED) is 0.299. The fraction of sp³-hybridized carbons (Fsp3) is 0.357. The fourth-order valence-corrected chi connectivity index (χ4v) is 5.55. The minimum Gasteiger partial charge on any atom is -0.491 e. The molecule has 0 bridgehead atoms. The molecule has 0 saturated heterocycles. The monoisotopic (exact) mass is 544 g/mol. The van der Waals surface area contributed by atoms with Crippen molar-refractivity contribution in [2.75, 3.05) is 26.2 Å². The molecule has 0 saturated carbocycles. The third-order valence-electron chi connectivity index (χ3n) is 6.30. The lowest BCUT2D eigenvalue weighted by Gasteiger charge is -2.37. The van der Waals surface area contributed by atoms with E-state index in [-0.39, 0.29) is 24.4 Å². The van der Waals surface area contributed by atoms with E-state index in [0.717, 1.165) is 18.4 Å². The van der Waals surface area contributed by atoms with E-state index in [0.29, 0.717) is 47.0 Å². The van der Waals surface area contributed by atoms with Crippen LogP contribution in [0.4, 0.5) is 0 Å². The van der Waals surface area contributed by atoms with E-state index in [9.17, 15) is 9.59 Å².